The quantitative estimate of drug-likeness (QED) is 0.759. The summed E-state index contributed by atoms with van der Waals surface area (Å²) in [6, 6.07) is 1.06. The number of hydrogen-bond donors (Lipinski definition) is 1. The summed E-state index contributed by atoms with van der Waals surface area (Å²) in [5.74, 6) is 0. The first-order valence-electron chi connectivity index (χ1n) is 6.36. The topological polar surface area (TPSA) is 28.2 Å². The van der Waals surface area contributed by atoms with Gasteiger partial charge in [-0.2, -0.15) is 0 Å². The van der Waals surface area contributed by atoms with Crippen molar-refractivity contribution in [1.29, 1.82) is 0 Å². The fourth-order valence-electron chi connectivity index (χ4n) is 1.72. The van der Waals surface area contributed by atoms with Gasteiger partial charge in [0.1, 0.15) is 0 Å². The molecule has 1 N–H and O–H groups in total. The zero-order valence-electron chi connectivity index (χ0n) is 11.7. The first kappa shape index (κ1) is 14.6. The fraction of sp³-hybridized carbons (Fsp3) is 0.769. The van der Waals surface area contributed by atoms with Crippen molar-refractivity contribution in [2.45, 2.75) is 46.2 Å². The van der Waals surface area contributed by atoms with Gasteiger partial charge in [-0.15, -0.1) is 11.3 Å². The van der Waals surface area contributed by atoms with E-state index >= 15 is 0 Å². The molecular formula is C13H25N3S. The van der Waals surface area contributed by atoms with E-state index in [0.29, 0.717) is 12.1 Å². The van der Waals surface area contributed by atoms with Gasteiger partial charge in [-0.3, -0.25) is 0 Å². The molecule has 17 heavy (non-hydrogen) atoms. The molecule has 0 saturated heterocycles. The fourth-order valence-corrected chi connectivity index (χ4v) is 2.56. The summed E-state index contributed by atoms with van der Waals surface area (Å²) in [7, 11) is 2.18. The van der Waals surface area contributed by atoms with Crippen LogP contribution >= 0.6 is 11.3 Å². The van der Waals surface area contributed by atoms with Crippen LogP contribution < -0.4 is 5.32 Å². The number of aryl methyl sites for hydroxylation is 1. The van der Waals surface area contributed by atoms with E-state index in [1.807, 2.05) is 5.51 Å². The van der Waals surface area contributed by atoms with Crippen LogP contribution in [0.25, 0.3) is 0 Å². The zero-order chi connectivity index (χ0) is 12.8. The average Bonchev–Trinajstić information content (AvgIpc) is 2.70. The Hall–Kier alpha value is -0.450. The highest BCUT2D eigenvalue weighted by molar-refractivity contribution is 7.09. The molecule has 1 atom stereocenters. The molecule has 98 valence electrons. The minimum absolute atomic E-state index is 0.423. The summed E-state index contributed by atoms with van der Waals surface area (Å²) in [4.78, 5) is 8.03. The molecule has 1 aromatic rings. The van der Waals surface area contributed by atoms with Crippen LogP contribution in [0.2, 0.25) is 0 Å². The minimum atomic E-state index is 0.423. The lowest BCUT2D eigenvalue weighted by atomic mass is 10.2. The summed E-state index contributed by atoms with van der Waals surface area (Å²) in [6.07, 6.45) is 1.19. The van der Waals surface area contributed by atoms with Crippen molar-refractivity contribution in [3.8, 4) is 0 Å². The molecule has 0 aliphatic heterocycles. The summed E-state index contributed by atoms with van der Waals surface area (Å²) in [5, 5.41) is 3.56. The molecule has 0 aliphatic carbocycles. The van der Waals surface area contributed by atoms with Crippen LogP contribution in [-0.4, -0.2) is 36.1 Å². The molecule has 0 fully saturated rings. The minimum Gasteiger partial charge on any atom is -0.309 e. The maximum Gasteiger partial charge on any atom is 0.0798 e. The van der Waals surface area contributed by atoms with Gasteiger partial charge in [0.15, 0.2) is 0 Å². The highest BCUT2D eigenvalue weighted by Gasteiger charge is 2.10. The molecule has 1 heterocycles. The molecule has 1 unspecified atom stereocenters. The summed E-state index contributed by atoms with van der Waals surface area (Å²) < 4.78 is 0. The van der Waals surface area contributed by atoms with E-state index in [2.05, 4.69) is 49.9 Å². The first-order valence-corrected chi connectivity index (χ1v) is 7.24. The standard InChI is InChI=1S/C13H25N3S/c1-10(2)16(5)8-6-7-14-11(3)13-12(4)15-9-17-13/h9-11,14H,6-8H2,1-5H3. The molecule has 3 nitrogen and oxygen atoms in total. The van der Waals surface area contributed by atoms with Gasteiger partial charge in [0.25, 0.3) is 0 Å². The van der Waals surface area contributed by atoms with E-state index in [4.69, 9.17) is 0 Å². The van der Waals surface area contributed by atoms with Crippen LogP contribution in [0.3, 0.4) is 0 Å². The number of thiazole rings is 1. The van der Waals surface area contributed by atoms with E-state index in [1.165, 1.54) is 11.3 Å². The molecule has 0 amide bonds. The highest BCUT2D eigenvalue weighted by atomic mass is 32.1. The summed E-state index contributed by atoms with van der Waals surface area (Å²) in [5.41, 5.74) is 3.09. The molecule has 1 aromatic heterocycles. The third-order valence-corrected chi connectivity index (χ3v) is 4.31. The van der Waals surface area contributed by atoms with Gasteiger partial charge in [-0.05, 0) is 54.3 Å². The normalized spacial score (nSPS) is 13.6. The third-order valence-electron chi connectivity index (χ3n) is 3.20. The van der Waals surface area contributed by atoms with Crippen LogP contribution in [-0.2, 0) is 0 Å². The summed E-state index contributed by atoms with van der Waals surface area (Å²) >= 11 is 1.74. The van der Waals surface area contributed by atoms with Crippen molar-refractivity contribution in [3.05, 3.63) is 16.1 Å². The number of aromatic nitrogens is 1. The Morgan fingerprint density at radius 2 is 2.12 bits per heavy atom. The second kappa shape index (κ2) is 7.09. The molecular weight excluding hydrogens is 230 g/mol. The first-order chi connectivity index (χ1) is 8.02. The molecule has 0 bridgehead atoms. The predicted octanol–water partition coefficient (Wildman–Crippen LogP) is 2.83. The van der Waals surface area contributed by atoms with Crippen LogP contribution in [0.4, 0.5) is 0 Å². The lowest BCUT2D eigenvalue weighted by molar-refractivity contribution is 0.268. The van der Waals surface area contributed by atoms with Crippen molar-refractivity contribution in [3.63, 3.8) is 0 Å². The molecule has 0 spiro atoms. The van der Waals surface area contributed by atoms with Crippen molar-refractivity contribution in [1.82, 2.24) is 15.2 Å². The Balaban J connectivity index is 2.21. The zero-order valence-corrected chi connectivity index (χ0v) is 12.5. The van der Waals surface area contributed by atoms with Gasteiger partial charge in [0.2, 0.25) is 0 Å². The molecule has 0 aliphatic rings. The van der Waals surface area contributed by atoms with E-state index in [-0.39, 0.29) is 0 Å². The van der Waals surface area contributed by atoms with Crippen LogP contribution in [0, 0.1) is 6.92 Å². The Bertz CT molecular complexity index is 322. The number of nitrogens with zero attached hydrogens (tertiary/aromatic N) is 2. The Morgan fingerprint density at radius 1 is 1.41 bits per heavy atom. The van der Waals surface area contributed by atoms with Crippen molar-refractivity contribution >= 4 is 11.3 Å². The van der Waals surface area contributed by atoms with Gasteiger partial charge in [0, 0.05) is 17.0 Å². The molecule has 0 radical (unpaired) electrons. The largest absolute Gasteiger partial charge is 0.309 e. The number of nitrogens with one attached hydrogen (secondary N) is 1. The van der Waals surface area contributed by atoms with Gasteiger partial charge in [0.05, 0.1) is 11.2 Å². The van der Waals surface area contributed by atoms with E-state index < -0.39 is 0 Å². The van der Waals surface area contributed by atoms with Crippen molar-refractivity contribution in [2.24, 2.45) is 0 Å². The summed E-state index contributed by atoms with van der Waals surface area (Å²) in [6.45, 7) is 11.0. The van der Waals surface area contributed by atoms with E-state index in [0.717, 1.165) is 18.8 Å². The lowest BCUT2D eigenvalue weighted by Crippen LogP contribution is -2.30. The van der Waals surface area contributed by atoms with E-state index in [9.17, 15) is 0 Å². The van der Waals surface area contributed by atoms with Gasteiger partial charge in [-0.25, -0.2) is 4.98 Å². The Kier molecular flexibility index (Phi) is 6.09. The SMILES string of the molecule is Cc1ncsc1C(C)NCCCN(C)C(C)C. The maximum absolute atomic E-state index is 4.29. The van der Waals surface area contributed by atoms with Crippen LogP contribution in [0.15, 0.2) is 5.51 Å². The predicted molar refractivity (Wildman–Crippen MR) is 75.7 cm³/mol. The molecule has 0 saturated carbocycles. The highest BCUT2D eigenvalue weighted by Crippen LogP contribution is 2.20. The Labute approximate surface area is 109 Å². The maximum atomic E-state index is 4.29. The number of hydrogen-bond acceptors (Lipinski definition) is 4. The van der Waals surface area contributed by atoms with Gasteiger partial charge < -0.3 is 10.2 Å². The molecule has 0 aromatic carbocycles. The monoisotopic (exact) mass is 255 g/mol. The van der Waals surface area contributed by atoms with Crippen molar-refractivity contribution < 1.29 is 0 Å². The Morgan fingerprint density at radius 3 is 2.65 bits per heavy atom. The molecule has 1 rings (SSSR count). The van der Waals surface area contributed by atoms with E-state index in [1.54, 1.807) is 11.3 Å². The van der Waals surface area contributed by atoms with Gasteiger partial charge >= 0.3 is 0 Å². The smallest absolute Gasteiger partial charge is 0.0798 e. The van der Waals surface area contributed by atoms with Crippen LogP contribution in [0.1, 0.15) is 43.8 Å². The van der Waals surface area contributed by atoms with Crippen LogP contribution in [0.5, 0.6) is 0 Å². The molecule has 4 heteroatoms. The van der Waals surface area contributed by atoms with Crippen molar-refractivity contribution in [2.75, 3.05) is 20.1 Å². The second-order valence-corrected chi connectivity index (χ2v) is 5.79. The lowest BCUT2D eigenvalue weighted by Gasteiger charge is -2.21. The second-order valence-electron chi connectivity index (χ2n) is 4.91. The average molecular weight is 255 g/mol. The number of rotatable bonds is 7. The third kappa shape index (κ3) is 4.74. The van der Waals surface area contributed by atoms with Gasteiger partial charge in [-0.1, -0.05) is 0 Å².